The number of carbonyl (C=O) groups is 4. The van der Waals surface area contributed by atoms with E-state index in [1.165, 1.54) is 0 Å². The summed E-state index contributed by atoms with van der Waals surface area (Å²) in [7, 11) is 6.97. The number of nitrogens with zero attached hydrogens (tertiary/aromatic N) is 2. The third-order valence-corrected chi connectivity index (χ3v) is 13.9. The highest BCUT2D eigenvalue weighted by atomic mass is 16.5. The van der Waals surface area contributed by atoms with E-state index < -0.39 is 28.3 Å². The van der Waals surface area contributed by atoms with Crippen molar-refractivity contribution in [1.29, 1.82) is 0 Å². The highest BCUT2D eigenvalue weighted by Crippen LogP contribution is 2.81. The number of likely N-dealkylation sites (tertiary alicyclic amines) is 1. The Morgan fingerprint density at radius 3 is 2.38 bits per heavy atom. The number of piperidine rings is 1. The van der Waals surface area contributed by atoms with Gasteiger partial charge in [-0.3, -0.25) is 19.3 Å². The van der Waals surface area contributed by atoms with Crippen molar-refractivity contribution in [3.63, 3.8) is 0 Å². The standard InChI is InChI=1S/C36H46N2O9/c1-6-37-17-34(18-47-32(42)19-9-7-8-10-22(19)38-25(39)11-12-26(38)40)14-13-24(44-3)36-21-15-20-23(43-2)16-35(33(36)37,27(21)28(20)45-4)31(41)29(46-5)30(34)36/h7-10,20-21,23-24,27-30,33H,6,11-18H2,1-5H3/t20-,21-,23+,24+,27-,28+,29+,30-,33-,34+,35+,36+/m1/s1. The van der Waals surface area contributed by atoms with E-state index in [4.69, 9.17) is 23.7 Å². The monoisotopic (exact) mass is 650 g/mol. The average Bonchev–Trinajstić information content (AvgIpc) is 3.66. The third-order valence-electron chi connectivity index (χ3n) is 13.9. The molecule has 47 heavy (non-hydrogen) atoms. The molecule has 11 heteroatoms. The number of imide groups is 1. The Morgan fingerprint density at radius 1 is 0.979 bits per heavy atom. The molecule has 2 aliphatic heterocycles. The lowest BCUT2D eigenvalue weighted by Crippen LogP contribution is -2.81. The van der Waals surface area contributed by atoms with Crippen molar-refractivity contribution >= 4 is 29.3 Å². The quantitative estimate of drug-likeness (QED) is 0.292. The van der Waals surface area contributed by atoms with E-state index in [0.29, 0.717) is 19.4 Å². The van der Waals surface area contributed by atoms with Crippen LogP contribution in [0.1, 0.15) is 55.8 Å². The topological polar surface area (TPSA) is 121 Å². The summed E-state index contributed by atoms with van der Waals surface area (Å²) in [6.45, 7) is 3.63. The van der Waals surface area contributed by atoms with E-state index in [-0.39, 0.29) is 96.3 Å². The molecule has 5 aliphatic carbocycles. The number of fused-ring (bicyclic) bond motifs is 1. The zero-order chi connectivity index (χ0) is 33.0. The molecule has 2 spiro atoms. The maximum absolute atomic E-state index is 15.2. The Hall–Kier alpha value is -2.70. The first-order valence-electron chi connectivity index (χ1n) is 17.2. The summed E-state index contributed by atoms with van der Waals surface area (Å²) in [5.74, 6) is -0.979. The van der Waals surface area contributed by atoms with E-state index in [2.05, 4.69) is 11.8 Å². The van der Waals surface area contributed by atoms with Crippen LogP contribution in [0.25, 0.3) is 0 Å². The van der Waals surface area contributed by atoms with Crippen LogP contribution in [0.3, 0.4) is 0 Å². The van der Waals surface area contributed by atoms with Crippen molar-refractivity contribution in [2.45, 2.75) is 75.9 Å². The first-order chi connectivity index (χ1) is 22.7. The number of amides is 2. The Bertz CT molecular complexity index is 1500. The van der Waals surface area contributed by atoms with Crippen LogP contribution in [0.5, 0.6) is 0 Å². The smallest absolute Gasteiger partial charge is 0.340 e. The van der Waals surface area contributed by atoms with Crippen molar-refractivity contribution in [3.05, 3.63) is 29.8 Å². The van der Waals surface area contributed by atoms with Gasteiger partial charge in [0.25, 0.3) is 0 Å². The highest BCUT2D eigenvalue weighted by molar-refractivity contribution is 6.21. The second-order valence-electron chi connectivity index (χ2n) is 15.1. The number of rotatable bonds is 9. The number of hydrogen-bond acceptors (Lipinski definition) is 10. The summed E-state index contributed by atoms with van der Waals surface area (Å²) < 4.78 is 31.5. The number of esters is 1. The molecular formula is C36H46N2O9. The number of methoxy groups -OCH3 is 4. The Labute approximate surface area is 275 Å². The van der Waals surface area contributed by atoms with Gasteiger partial charge < -0.3 is 23.7 Å². The maximum Gasteiger partial charge on any atom is 0.340 e. The molecule has 8 rings (SSSR count). The molecule has 7 bridgehead atoms. The molecule has 2 saturated heterocycles. The molecule has 1 aromatic carbocycles. The van der Waals surface area contributed by atoms with E-state index in [1.54, 1.807) is 52.7 Å². The van der Waals surface area contributed by atoms with Crippen LogP contribution < -0.4 is 4.90 Å². The van der Waals surface area contributed by atoms with Crippen LogP contribution in [0.15, 0.2) is 24.3 Å². The van der Waals surface area contributed by atoms with Gasteiger partial charge in [0, 0.05) is 82.5 Å². The number of ether oxygens (including phenoxy) is 5. The number of carbonyl (C=O) groups excluding carboxylic acids is 4. The fourth-order valence-corrected chi connectivity index (χ4v) is 12.9. The number of anilines is 1. The summed E-state index contributed by atoms with van der Waals surface area (Å²) in [5.41, 5.74) is -1.26. The lowest BCUT2D eigenvalue weighted by Gasteiger charge is -2.72. The molecule has 0 N–H and O–H groups in total. The van der Waals surface area contributed by atoms with Crippen LogP contribution in [0.2, 0.25) is 0 Å². The largest absolute Gasteiger partial charge is 0.461 e. The minimum Gasteiger partial charge on any atom is -0.461 e. The molecule has 0 aromatic heterocycles. The van der Waals surface area contributed by atoms with Gasteiger partial charge in [-0.2, -0.15) is 0 Å². The number of para-hydroxylation sites is 1. The van der Waals surface area contributed by atoms with Crippen molar-refractivity contribution in [1.82, 2.24) is 4.90 Å². The molecule has 7 fully saturated rings. The normalized spacial score (nSPS) is 44.7. The van der Waals surface area contributed by atoms with E-state index in [0.717, 1.165) is 24.3 Å². The molecule has 11 nitrogen and oxygen atoms in total. The Kier molecular flexibility index (Phi) is 7.32. The van der Waals surface area contributed by atoms with E-state index in [9.17, 15) is 14.4 Å². The lowest BCUT2D eigenvalue weighted by atomic mass is 9.39. The molecule has 2 heterocycles. The number of ketones is 1. The van der Waals surface area contributed by atoms with Crippen LogP contribution in [-0.2, 0) is 38.1 Å². The predicted octanol–water partition coefficient (Wildman–Crippen LogP) is 2.88. The first-order valence-corrected chi connectivity index (χ1v) is 17.2. The maximum atomic E-state index is 15.2. The lowest BCUT2D eigenvalue weighted by molar-refractivity contribution is -0.283. The van der Waals surface area contributed by atoms with Crippen LogP contribution >= 0.6 is 0 Å². The van der Waals surface area contributed by atoms with Gasteiger partial charge in [0.15, 0.2) is 5.78 Å². The Morgan fingerprint density at radius 2 is 1.72 bits per heavy atom. The van der Waals surface area contributed by atoms with Crippen molar-refractivity contribution in [3.8, 4) is 0 Å². The molecule has 0 unspecified atom stereocenters. The predicted molar refractivity (Wildman–Crippen MR) is 167 cm³/mol. The second-order valence-corrected chi connectivity index (χ2v) is 15.1. The van der Waals surface area contributed by atoms with Gasteiger partial charge in [-0.1, -0.05) is 19.1 Å². The molecule has 12 atom stereocenters. The molecule has 7 aliphatic rings. The fourth-order valence-electron chi connectivity index (χ4n) is 12.9. The van der Waals surface area contributed by atoms with Gasteiger partial charge >= 0.3 is 5.97 Å². The zero-order valence-electron chi connectivity index (χ0n) is 27.9. The van der Waals surface area contributed by atoms with E-state index in [1.807, 2.05) is 0 Å². The molecule has 254 valence electrons. The minimum absolute atomic E-state index is 0.0228. The summed E-state index contributed by atoms with van der Waals surface area (Å²) in [4.78, 5) is 58.0. The first kappa shape index (κ1) is 31.6. The van der Waals surface area contributed by atoms with Crippen LogP contribution in [-0.4, -0.2) is 107 Å². The van der Waals surface area contributed by atoms with Gasteiger partial charge in [-0.25, -0.2) is 9.69 Å². The third kappa shape index (κ3) is 3.70. The van der Waals surface area contributed by atoms with Crippen molar-refractivity contribution < 1.29 is 42.9 Å². The van der Waals surface area contributed by atoms with Gasteiger partial charge in [-0.05, 0) is 50.3 Å². The van der Waals surface area contributed by atoms with Crippen LogP contribution in [0, 0.1) is 39.9 Å². The zero-order valence-corrected chi connectivity index (χ0v) is 27.9. The van der Waals surface area contributed by atoms with Crippen molar-refractivity contribution in [2.24, 2.45) is 39.9 Å². The number of benzene rings is 1. The summed E-state index contributed by atoms with van der Waals surface area (Å²) in [5, 5.41) is 0. The average molecular weight is 651 g/mol. The number of hydrogen-bond donors (Lipinski definition) is 0. The van der Waals surface area contributed by atoms with Gasteiger partial charge in [0.2, 0.25) is 11.8 Å². The molecular weight excluding hydrogens is 604 g/mol. The van der Waals surface area contributed by atoms with E-state index >= 15 is 4.79 Å². The minimum atomic E-state index is -0.698. The molecule has 0 radical (unpaired) electrons. The van der Waals surface area contributed by atoms with Gasteiger partial charge in [0.05, 0.1) is 41.6 Å². The van der Waals surface area contributed by atoms with Crippen molar-refractivity contribution in [2.75, 3.05) is 53.0 Å². The number of Topliss-reactive ketones (excluding diaryl/α,β-unsaturated/α-hetero) is 1. The molecule has 1 aromatic rings. The molecule has 5 saturated carbocycles. The fraction of sp³-hybridized carbons (Fsp3) is 0.722. The highest BCUT2D eigenvalue weighted by Gasteiger charge is 2.89. The van der Waals surface area contributed by atoms with Gasteiger partial charge in [0.1, 0.15) is 6.10 Å². The summed E-state index contributed by atoms with van der Waals surface area (Å²) >= 11 is 0. The Balaban J connectivity index is 1.23. The second kappa shape index (κ2) is 10.9. The van der Waals surface area contributed by atoms with Gasteiger partial charge in [-0.15, -0.1) is 0 Å². The SMILES string of the molecule is CCN1C[C@]2(COC(=O)c3ccccc3N3C(=O)CCC3=O)CC[C@H](OC)[C@@]34[C@@H]5C[C@H]6[C@H](OC)[C@@H]5[C@@](C[C@@H]6OC)(C(=O)[C@@H](OC)[C@H]23)[C@@H]14. The summed E-state index contributed by atoms with van der Waals surface area (Å²) in [6, 6.07) is 6.57. The summed E-state index contributed by atoms with van der Waals surface area (Å²) in [6.07, 6.45) is 2.29. The molecule has 2 amide bonds. The van der Waals surface area contributed by atoms with Crippen LogP contribution in [0.4, 0.5) is 5.69 Å².